The summed E-state index contributed by atoms with van der Waals surface area (Å²) < 4.78 is 12.8. The lowest BCUT2D eigenvalue weighted by Crippen LogP contribution is -2.28. The van der Waals surface area contributed by atoms with E-state index in [9.17, 15) is 4.39 Å². The van der Waals surface area contributed by atoms with Crippen LogP contribution in [0.25, 0.3) is 0 Å². The Morgan fingerprint density at radius 2 is 1.76 bits per heavy atom. The molecule has 88 valence electrons. The average Bonchev–Trinajstić information content (AvgIpc) is 2.33. The predicted octanol–water partition coefficient (Wildman–Crippen LogP) is 3.03. The van der Waals surface area contributed by atoms with Gasteiger partial charge in [-0.05, 0) is 35.4 Å². The molecule has 0 aromatic heterocycles. The van der Waals surface area contributed by atoms with Crippen LogP contribution < -0.4 is 11.3 Å². The maximum absolute atomic E-state index is 12.8. The van der Waals surface area contributed by atoms with Gasteiger partial charge in [0.25, 0.3) is 0 Å². The molecule has 0 aliphatic heterocycles. The Balaban J connectivity index is 2.36. The van der Waals surface area contributed by atoms with Crippen molar-refractivity contribution in [1.82, 2.24) is 5.43 Å². The normalized spacial score (nSPS) is 12.4. The lowest BCUT2D eigenvalue weighted by atomic mass is 9.99. The van der Waals surface area contributed by atoms with Gasteiger partial charge in [0, 0.05) is 5.02 Å². The zero-order valence-corrected chi connectivity index (χ0v) is 9.79. The third-order valence-electron chi connectivity index (χ3n) is 2.55. The Hall–Kier alpha value is -1.42. The van der Waals surface area contributed by atoms with Gasteiger partial charge in [-0.25, -0.2) is 9.82 Å². The Labute approximate surface area is 104 Å². The fourth-order valence-corrected chi connectivity index (χ4v) is 1.93. The van der Waals surface area contributed by atoms with E-state index in [-0.39, 0.29) is 11.9 Å². The van der Waals surface area contributed by atoms with E-state index in [2.05, 4.69) is 5.43 Å². The van der Waals surface area contributed by atoms with Crippen LogP contribution in [0.5, 0.6) is 0 Å². The van der Waals surface area contributed by atoms with Gasteiger partial charge < -0.3 is 0 Å². The van der Waals surface area contributed by atoms with Crippen LogP contribution in [-0.4, -0.2) is 0 Å². The van der Waals surface area contributed by atoms with Gasteiger partial charge in [0.1, 0.15) is 5.82 Å². The van der Waals surface area contributed by atoms with Crippen molar-refractivity contribution in [3.8, 4) is 0 Å². The molecule has 0 spiro atoms. The zero-order chi connectivity index (χ0) is 12.3. The SMILES string of the molecule is NNC(c1ccc(F)cc1)c1cccc(Cl)c1. The van der Waals surface area contributed by atoms with Crippen molar-refractivity contribution in [3.05, 3.63) is 70.5 Å². The molecule has 1 unspecified atom stereocenters. The quantitative estimate of drug-likeness (QED) is 0.649. The average molecular weight is 251 g/mol. The molecule has 0 fully saturated rings. The van der Waals surface area contributed by atoms with E-state index in [4.69, 9.17) is 17.4 Å². The van der Waals surface area contributed by atoms with Crippen LogP contribution in [0, 0.1) is 5.82 Å². The molecule has 0 radical (unpaired) electrons. The molecular formula is C13H12ClFN2. The Morgan fingerprint density at radius 3 is 2.35 bits per heavy atom. The summed E-state index contributed by atoms with van der Waals surface area (Å²) in [6.07, 6.45) is 0. The maximum atomic E-state index is 12.8. The monoisotopic (exact) mass is 250 g/mol. The van der Waals surface area contributed by atoms with Crippen LogP contribution in [-0.2, 0) is 0 Å². The van der Waals surface area contributed by atoms with Crippen LogP contribution in [0.4, 0.5) is 4.39 Å². The third kappa shape index (κ3) is 2.82. The maximum Gasteiger partial charge on any atom is 0.123 e. The second-order valence-electron chi connectivity index (χ2n) is 3.71. The van der Waals surface area contributed by atoms with Crippen LogP contribution in [0.15, 0.2) is 48.5 Å². The van der Waals surface area contributed by atoms with E-state index in [0.717, 1.165) is 11.1 Å². The van der Waals surface area contributed by atoms with Crippen molar-refractivity contribution in [1.29, 1.82) is 0 Å². The van der Waals surface area contributed by atoms with Crippen molar-refractivity contribution in [2.24, 2.45) is 5.84 Å². The lowest BCUT2D eigenvalue weighted by molar-refractivity contribution is 0.615. The predicted molar refractivity (Wildman–Crippen MR) is 67.0 cm³/mol. The summed E-state index contributed by atoms with van der Waals surface area (Å²) in [6.45, 7) is 0. The summed E-state index contributed by atoms with van der Waals surface area (Å²) in [4.78, 5) is 0. The molecule has 3 N–H and O–H groups in total. The van der Waals surface area contributed by atoms with E-state index >= 15 is 0 Å². The Morgan fingerprint density at radius 1 is 1.06 bits per heavy atom. The van der Waals surface area contributed by atoms with E-state index in [0.29, 0.717) is 5.02 Å². The molecule has 0 aliphatic rings. The molecule has 2 aromatic rings. The number of nitrogens with two attached hydrogens (primary N) is 1. The number of hydrogen-bond donors (Lipinski definition) is 2. The molecule has 0 heterocycles. The van der Waals surface area contributed by atoms with Gasteiger partial charge in [-0.2, -0.15) is 0 Å². The van der Waals surface area contributed by atoms with Crippen LogP contribution in [0.3, 0.4) is 0 Å². The summed E-state index contributed by atoms with van der Waals surface area (Å²) in [5.41, 5.74) is 4.52. The highest BCUT2D eigenvalue weighted by Gasteiger charge is 2.12. The molecule has 2 nitrogen and oxygen atoms in total. The highest BCUT2D eigenvalue weighted by molar-refractivity contribution is 6.30. The molecule has 2 aromatic carbocycles. The number of benzene rings is 2. The van der Waals surface area contributed by atoms with Gasteiger partial charge in [0.05, 0.1) is 6.04 Å². The second kappa shape index (κ2) is 5.27. The number of hydrogen-bond acceptors (Lipinski definition) is 2. The molecule has 0 aliphatic carbocycles. The standard InChI is InChI=1S/C13H12ClFN2/c14-11-3-1-2-10(8-11)13(17-16)9-4-6-12(15)7-5-9/h1-8,13,17H,16H2. The number of rotatable bonds is 3. The van der Waals surface area contributed by atoms with E-state index in [1.54, 1.807) is 18.2 Å². The van der Waals surface area contributed by atoms with Gasteiger partial charge >= 0.3 is 0 Å². The third-order valence-corrected chi connectivity index (χ3v) is 2.79. The number of nitrogens with one attached hydrogen (secondary N) is 1. The minimum absolute atomic E-state index is 0.200. The second-order valence-corrected chi connectivity index (χ2v) is 4.14. The fraction of sp³-hybridized carbons (Fsp3) is 0.0769. The minimum atomic E-state index is -0.268. The van der Waals surface area contributed by atoms with Crippen LogP contribution >= 0.6 is 11.6 Å². The Bertz CT molecular complexity index is 499. The summed E-state index contributed by atoms with van der Waals surface area (Å²) in [6, 6.07) is 13.4. The topological polar surface area (TPSA) is 38.0 Å². The van der Waals surface area contributed by atoms with E-state index in [1.165, 1.54) is 12.1 Å². The molecule has 1 atom stereocenters. The summed E-state index contributed by atoms with van der Waals surface area (Å²) >= 11 is 5.93. The zero-order valence-electron chi connectivity index (χ0n) is 9.03. The largest absolute Gasteiger partial charge is 0.271 e. The first kappa shape index (κ1) is 12.0. The highest BCUT2D eigenvalue weighted by Crippen LogP contribution is 2.23. The van der Waals surface area contributed by atoms with Gasteiger partial charge in [-0.1, -0.05) is 35.9 Å². The van der Waals surface area contributed by atoms with E-state index in [1.807, 2.05) is 18.2 Å². The Kier molecular flexibility index (Phi) is 3.74. The van der Waals surface area contributed by atoms with Crippen molar-refractivity contribution in [2.75, 3.05) is 0 Å². The smallest absolute Gasteiger partial charge is 0.123 e. The molecule has 0 saturated heterocycles. The first-order valence-corrected chi connectivity index (χ1v) is 5.55. The van der Waals surface area contributed by atoms with E-state index < -0.39 is 0 Å². The molecule has 2 rings (SSSR count). The lowest BCUT2D eigenvalue weighted by Gasteiger charge is -2.17. The molecule has 0 bridgehead atoms. The van der Waals surface area contributed by atoms with Crippen molar-refractivity contribution < 1.29 is 4.39 Å². The van der Waals surface area contributed by atoms with Gasteiger partial charge in [-0.3, -0.25) is 5.84 Å². The molecule has 17 heavy (non-hydrogen) atoms. The number of halogens is 2. The fourth-order valence-electron chi connectivity index (χ4n) is 1.73. The first-order chi connectivity index (χ1) is 8.20. The first-order valence-electron chi connectivity index (χ1n) is 5.18. The summed E-state index contributed by atoms with van der Waals surface area (Å²) in [5.74, 6) is 5.27. The molecular weight excluding hydrogens is 239 g/mol. The van der Waals surface area contributed by atoms with Gasteiger partial charge in [0.15, 0.2) is 0 Å². The molecule has 4 heteroatoms. The van der Waals surface area contributed by atoms with Crippen molar-refractivity contribution >= 4 is 11.6 Å². The highest BCUT2D eigenvalue weighted by atomic mass is 35.5. The summed E-state index contributed by atoms with van der Waals surface area (Å²) in [5, 5.41) is 0.643. The molecule has 0 saturated carbocycles. The summed E-state index contributed by atoms with van der Waals surface area (Å²) in [7, 11) is 0. The minimum Gasteiger partial charge on any atom is -0.271 e. The van der Waals surface area contributed by atoms with Crippen molar-refractivity contribution in [2.45, 2.75) is 6.04 Å². The van der Waals surface area contributed by atoms with Crippen molar-refractivity contribution in [3.63, 3.8) is 0 Å². The van der Waals surface area contributed by atoms with Gasteiger partial charge in [-0.15, -0.1) is 0 Å². The van der Waals surface area contributed by atoms with Crippen LogP contribution in [0.1, 0.15) is 17.2 Å². The van der Waals surface area contributed by atoms with Crippen LogP contribution in [0.2, 0.25) is 5.02 Å². The molecule has 0 amide bonds. The van der Waals surface area contributed by atoms with Gasteiger partial charge in [0.2, 0.25) is 0 Å². The number of hydrazine groups is 1.